The fourth-order valence-corrected chi connectivity index (χ4v) is 3.03. The minimum absolute atomic E-state index is 0.0295. The van der Waals surface area contributed by atoms with Crippen LogP contribution in [-0.2, 0) is 0 Å². The van der Waals surface area contributed by atoms with Crippen LogP contribution < -0.4 is 10.2 Å². The molecule has 3 rings (SSSR count). The van der Waals surface area contributed by atoms with Crippen molar-refractivity contribution >= 4 is 29.0 Å². The highest BCUT2D eigenvalue weighted by atomic mass is 35.5. The third-order valence-corrected chi connectivity index (χ3v) is 4.48. The van der Waals surface area contributed by atoms with Crippen molar-refractivity contribution in [2.45, 2.75) is 6.42 Å². The zero-order valence-corrected chi connectivity index (χ0v) is 14.3. The van der Waals surface area contributed by atoms with Crippen LogP contribution >= 0.6 is 11.6 Å². The number of halogens is 1. The van der Waals surface area contributed by atoms with Gasteiger partial charge in [0.25, 0.3) is 5.91 Å². The minimum Gasteiger partial charge on any atom is -0.388 e. The van der Waals surface area contributed by atoms with Crippen LogP contribution in [0.25, 0.3) is 0 Å². The number of aromatic nitrogens is 2. The third kappa shape index (κ3) is 3.59. The molecule has 0 unspecified atom stereocenters. The maximum absolute atomic E-state index is 12.9. The van der Waals surface area contributed by atoms with Gasteiger partial charge in [-0.05, 0) is 36.8 Å². The van der Waals surface area contributed by atoms with Crippen LogP contribution in [0, 0.1) is 0 Å². The van der Waals surface area contributed by atoms with Gasteiger partial charge in [-0.25, -0.2) is 0 Å². The van der Waals surface area contributed by atoms with Crippen molar-refractivity contribution < 1.29 is 4.79 Å². The standard InChI is InChI=1S/C17H20ClN5O/c1-19-13-5-6-15(18)14(12-13)17(24)23-9-3-8-22(10-11-23)16-4-2-7-20-21-16/h2,4-7,12,19H,3,8-11H2,1H3. The SMILES string of the molecule is CNc1ccc(Cl)c(C(=O)N2CCCN(c3cccnn3)CC2)c1. The van der Waals surface area contributed by atoms with Gasteiger partial charge in [0.1, 0.15) is 0 Å². The molecule has 2 heterocycles. The number of carbonyl (C=O) groups excluding carboxylic acids is 1. The lowest BCUT2D eigenvalue weighted by Gasteiger charge is -2.23. The maximum atomic E-state index is 12.9. The number of benzene rings is 1. The third-order valence-electron chi connectivity index (χ3n) is 4.15. The molecule has 1 aromatic heterocycles. The van der Waals surface area contributed by atoms with E-state index in [9.17, 15) is 4.79 Å². The number of hydrogen-bond donors (Lipinski definition) is 1. The average Bonchev–Trinajstić information content (AvgIpc) is 2.88. The smallest absolute Gasteiger partial charge is 0.255 e. The molecule has 1 aromatic carbocycles. The van der Waals surface area contributed by atoms with Crippen molar-refractivity contribution in [3.63, 3.8) is 0 Å². The van der Waals surface area contributed by atoms with Crippen LogP contribution in [0.4, 0.5) is 11.5 Å². The van der Waals surface area contributed by atoms with Gasteiger partial charge in [0.2, 0.25) is 0 Å². The normalized spacial score (nSPS) is 15.1. The van der Waals surface area contributed by atoms with E-state index >= 15 is 0 Å². The van der Waals surface area contributed by atoms with Crippen LogP contribution in [0.5, 0.6) is 0 Å². The molecule has 0 atom stereocenters. The second-order valence-corrected chi connectivity index (χ2v) is 6.07. The average molecular weight is 346 g/mol. The Kier molecular flexibility index (Phi) is 5.15. The Hall–Kier alpha value is -2.34. The molecule has 0 spiro atoms. The Morgan fingerprint density at radius 3 is 2.83 bits per heavy atom. The van der Waals surface area contributed by atoms with Gasteiger partial charge in [0.15, 0.2) is 5.82 Å². The summed E-state index contributed by atoms with van der Waals surface area (Å²) in [4.78, 5) is 16.9. The van der Waals surface area contributed by atoms with Crippen molar-refractivity contribution in [3.05, 3.63) is 47.1 Å². The number of nitrogens with one attached hydrogen (secondary N) is 1. The predicted octanol–water partition coefficient (Wildman–Crippen LogP) is 2.52. The largest absolute Gasteiger partial charge is 0.388 e. The number of anilines is 2. The summed E-state index contributed by atoms with van der Waals surface area (Å²) in [6, 6.07) is 9.23. The lowest BCUT2D eigenvalue weighted by atomic mass is 10.1. The molecule has 0 radical (unpaired) electrons. The van der Waals surface area contributed by atoms with Crippen molar-refractivity contribution in [1.29, 1.82) is 0 Å². The second kappa shape index (κ2) is 7.49. The first-order valence-electron chi connectivity index (χ1n) is 7.98. The van der Waals surface area contributed by atoms with Gasteiger partial charge in [-0.1, -0.05) is 11.6 Å². The fourth-order valence-electron chi connectivity index (χ4n) is 2.83. The number of nitrogens with zero attached hydrogens (tertiary/aromatic N) is 4. The summed E-state index contributed by atoms with van der Waals surface area (Å²) in [6.45, 7) is 2.92. The minimum atomic E-state index is -0.0295. The Labute approximate surface area is 146 Å². The maximum Gasteiger partial charge on any atom is 0.255 e. The number of hydrogen-bond acceptors (Lipinski definition) is 5. The molecule has 2 aromatic rings. The van der Waals surface area contributed by atoms with Gasteiger partial charge < -0.3 is 15.1 Å². The molecule has 1 N–H and O–H groups in total. The van der Waals surface area contributed by atoms with Gasteiger partial charge >= 0.3 is 0 Å². The quantitative estimate of drug-likeness (QED) is 0.926. The van der Waals surface area contributed by atoms with E-state index in [1.807, 2.05) is 30.1 Å². The van der Waals surface area contributed by atoms with Crippen LogP contribution in [-0.4, -0.2) is 54.2 Å². The lowest BCUT2D eigenvalue weighted by molar-refractivity contribution is 0.0767. The van der Waals surface area contributed by atoms with E-state index in [1.54, 1.807) is 18.3 Å². The monoisotopic (exact) mass is 345 g/mol. The molecule has 0 aliphatic carbocycles. The predicted molar refractivity (Wildman–Crippen MR) is 95.8 cm³/mol. The summed E-state index contributed by atoms with van der Waals surface area (Å²) >= 11 is 6.23. The molecule has 6 nitrogen and oxygen atoms in total. The Bertz CT molecular complexity index is 709. The van der Waals surface area contributed by atoms with Crippen LogP contribution in [0.3, 0.4) is 0 Å². The molecule has 0 saturated carbocycles. The van der Waals surface area contributed by atoms with E-state index < -0.39 is 0 Å². The summed E-state index contributed by atoms with van der Waals surface area (Å²) in [5, 5.41) is 11.6. The van der Waals surface area contributed by atoms with Gasteiger partial charge in [0.05, 0.1) is 10.6 Å². The number of rotatable bonds is 3. The van der Waals surface area contributed by atoms with E-state index in [0.717, 1.165) is 31.0 Å². The van der Waals surface area contributed by atoms with E-state index in [1.165, 1.54) is 0 Å². The number of carbonyl (C=O) groups is 1. The highest BCUT2D eigenvalue weighted by Gasteiger charge is 2.22. The van der Waals surface area contributed by atoms with Gasteiger partial charge in [-0.2, -0.15) is 5.10 Å². The second-order valence-electron chi connectivity index (χ2n) is 5.66. The van der Waals surface area contributed by atoms with Crippen molar-refractivity contribution in [1.82, 2.24) is 15.1 Å². The topological polar surface area (TPSA) is 61.4 Å². The van der Waals surface area contributed by atoms with E-state index in [0.29, 0.717) is 23.7 Å². The molecule has 1 fully saturated rings. The van der Waals surface area contributed by atoms with Gasteiger partial charge in [0, 0.05) is 45.1 Å². The van der Waals surface area contributed by atoms with E-state index in [4.69, 9.17) is 11.6 Å². The molecule has 1 saturated heterocycles. The van der Waals surface area contributed by atoms with E-state index in [2.05, 4.69) is 20.4 Å². The zero-order valence-electron chi connectivity index (χ0n) is 13.6. The van der Waals surface area contributed by atoms with Crippen LogP contribution in [0.1, 0.15) is 16.8 Å². The summed E-state index contributed by atoms with van der Waals surface area (Å²) in [5.41, 5.74) is 1.41. The molecular formula is C17H20ClN5O. The van der Waals surface area contributed by atoms with Crippen molar-refractivity contribution in [3.8, 4) is 0 Å². The summed E-state index contributed by atoms with van der Waals surface area (Å²) < 4.78 is 0. The van der Waals surface area contributed by atoms with Crippen LogP contribution in [0.15, 0.2) is 36.5 Å². The summed E-state index contributed by atoms with van der Waals surface area (Å²) in [5.74, 6) is 0.820. The molecule has 0 bridgehead atoms. The zero-order chi connectivity index (χ0) is 16.9. The molecule has 1 amide bonds. The van der Waals surface area contributed by atoms with E-state index in [-0.39, 0.29) is 5.91 Å². The molecule has 126 valence electrons. The summed E-state index contributed by atoms with van der Waals surface area (Å²) in [7, 11) is 1.82. The lowest BCUT2D eigenvalue weighted by Crippen LogP contribution is -2.35. The first-order valence-corrected chi connectivity index (χ1v) is 8.36. The van der Waals surface area contributed by atoms with Crippen molar-refractivity contribution in [2.24, 2.45) is 0 Å². The first kappa shape index (κ1) is 16.5. The fraction of sp³-hybridized carbons (Fsp3) is 0.353. The molecule has 24 heavy (non-hydrogen) atoms. The highest BCUT2D eigenvalue weighted by Crippen LogP contribution is 2.23. The highest BCUT2D eigenvalue weighted by molar-refractivity contribution is 6.34. The Morgan fingerprint density at radius 2 is 2.08 bits per heavy atom. The molecule has 1 aliphatic rings. The molecule has 1 aliphatic heterocycles. The summed E-state index contributed by atoms with van der Waals surface area (Å²) in [6.07, 6.45) is 2.54. The van der Waals surface area contributed by atoms with Gasteiger partial charge in [-0.3, -0.25) is 4.79 Å². The first-order chi connectivity index (χ1) is 11.7. The Balaban J connectivity index is 1.73. The Morgan fingerprint density at radius 1 is 1.21 bits per heavy atom. The molecular weight excluding hydrogens is 326 g/mol. The number of amides is 1. The van der Waals surface area contributed by atoms with Crippen LogP contribution in [0.2, 0.25) is 5.02 Å². The van der Waals surface area contributed by atoms with Gasteiger partial charge in [-0.15, -0.1) is 5.10 Å². The van der Waals surface area contributed by atoms with Crippen molar-refractivity contribution in [2.75, 3.05) is 43.4 Å². The molecule has 7 heteroatoms.